The minimum absolute atomic E-state index is 0.667. The molecule has 0 radical (unpaired) electrons. The van der Waals surface area contributed by atoms with Gasteiger partial charge in [0.1, 0.15) is 0 Å². The zero-order valence-corrected chi connectivity index (χ0v) is 26.5. The zero-order valence-electron chi connectivity index (χ0n) is 25.7. The summed E-state index contributed by atoms with van der Waals surface area (Å²) in [5, 5.41) is 16.7. The van der Waals surface area contributed by atoms with Gasteiger partial charge in [-0.25, -0.2) is 4.98 Å². The summed E-state index contributed by atoms with van der Waals surface area (Å²) in [5.41, 5.74) is 10.7. The van der Waals surface area contributed by atoms with E-state index >= 15 is 0 Å². The Morgan fingerprint density at radius 2 is 1.19 bits per heavy atom. The topological polar surface area (TPSA) is 41.1 Å². The van der Waals surface area contributed by atoms with Gasteiger partial charge in [0.2, 0.25) is 0 Å². The summed E-state index contributed by atoms with van der Waals surface area (Å²) in [6.07, 6.45) is 0. The van der Waals surface area contributed by atoms with Crippen LogP contribution in [0.2, 0.25) is 0 Å². The Morgan fingerprint density at radius 3 is 1.92 bits per heavy atom. The Balaban J connectivity index is 1.17. The van der Waals surface area contributed by atoms with Gasteiger partial charge in [-0.3, -0.25) is 4.40 Å². The lowest BCUT2D eigenvalue weighted by molar-refractivity contribution is 1.25. The Kier molecular flexibility index (Phi) is 5.81. The highest BCUT2D eigenvalue weighted by molar-refractivity contribution is 7.26. The van der Waals surface area contributed by atoms with Gasteiger partial charge in [0, 0.05) is 15.5 Å². The molecule has 0 aliphatic carbocycles. The third-order valence-corrected chi connectivity index (χ3v) is 10.8. The molecule has 222 valence electrons. The standard InChI is InChI=1S/C44H25N3S/c45-26-27-13-15-29(16-14-27)32-22-23-33(36-10-4-3-9-35(32)36)30-17-19-31(20-18-30)40-25-37-42-34-8-2-1-7-28(34)21-24-41(42)48-43(37)44-46-38-11-5-6-12-39(38)47(40)44/h1-25H. The summed E-state index contributed by atoms with van der Waals surface area (Å²) >= 11 is 1.83. The first kappa shape index (κ1) is 26.9. The van der Waals surface area contributed by atoms with Crippen LogP contribution >= 0.6 is 11.3 Å². The second kappa shape index (κ2) is 10.4. The predicted octanol–water partition coefficient (Wildman–Crippen LogP) is 12.0. The molecule has 0 bridgehead atoms. The normalized spacial score (nSPS) is 11.7. The van der Waals surface area contributed by atoms with Gasteiger partial charge >= 0.3 is 0 Å². The van der Waals surface area contributed by atoms with Gasteiger partial charge in [0.15, 0.2) is 5.65 Å². The lowest BCUT2D eigenvalue weighted by atomic mass is 9.91. The van der Waals surface area contributed by atoms with E-state index in [-0.39, 0.29) is 0 Å². The van der Waals surface area contributed by atoms with Crippen molar-refractivity contribution in [2.24, 2.45) is 0 Å². The van der Waals surface area contributed by atoms with Gasteiger partial charge in [-0.15, -0.1) is 11.3 Å². The van der Waals surface area contributed by atoms with Gasteiger partial charge in [-0.05, 0) is 85.8 Å². The maximum Gasteiger partial charge on any atom is 0.156 e. The molecule has 0 N–H and O–H groups in total. The zero-order chi connectivity index (χ0) is 31.8. The third-order valence-electron chi connectivity index (χ3n) is 9.64. The molecule has 0 amide bonds. The van der Waals surface area contributed by atoms with E-state index in [0.717, 1.165) is 39.1 Å². The molecule has 10 aromatic rings. The summed E-state index contributed by atoms with van der Waals surface area (Å²) in [7, 11) is 0. The van der Waals surface area contributed by atoms with Crippen molar-refractivity contribution in [1.29, 1.82) is 5.26 Å². The van der Waals surface area contributed by atoms with Crippen molar-refractivity contribution in [2.75, 3.05) is 0 Å². The van der Waals surface area contributed by atoms with Crippen molar-refractivity contribution in [2.45, 2.75) is 0 Å². The molecular weight excluding hydrogens is 603 g/mol. The molecule has 3 nitrogen and oxygen atoms in total. The van der Waals surface area contributed by atoms with Crippen LogP contribution in [0.1, 0.15) is 5.56 Å². The average Bonchev–Trinajstić information content (AvgIpc) is 3.74. The number of thiophene rings is 1. The number of benzene rings is 7. The number of hydrogen-bond donors (Lipinski definition) is 0. The molecular formula is C44H25N3S. The Hall–Kier alpha value is -6.28. The third kappa shape index (κ3) is 3.95. The highest BCUT2D eigenvalue weighted by Crippen LogP contribution is 2.43. The van der Waals surface area contributed by atoms with Crippen LogP contribution in [0.3, 0.4) is 0 Å². The Morgan fingerprint density at radius 1 is 0.562 bits per heavy atom. The summed E-state index contributed by atoms with van der Waals surface area (Å²) in [5.74, 6) is 0. The maximum atomic E-state index is 9.28. The van der Waals surface area contributed by atoms with E-state index < -0.39 is 0 Å². The fraction of sp³-hybridized carbons (Fsp3) is 0. The van der Waals surface area contributed by atoms with E-state index in [2.05, 4.69) is 138 Å². The van der Waals surface area contributed by atoms with Crippen LogP contribution in [0.15, 0.2) is 152 Å². The summed E-state index contributed by atoms with van der Waals surface area (Å²) in [6.45, 7) is 0. The number of fused-ring (bicyclic) bond motifs is 10. The smallest absolute Gasteiger partial charge is 0.156 e. The van der Waals surface area contributed by atoms with E-state index in [4.69, 9.17) is 4.98 Å². The highest BCUT2D eigenvalue weighted by atomic mass is 32.1. The molecule has 0 atom stereocenters. The molecule has 0 aliphatic rings. The molecule has 10 rings (SSSR count). The SMILES string of the molecule is N#Cc1ccc(-c2ccc(-c3ccc(-c4cc5c(sc6ccc7ccccc7c65)c5nc6ccccc6n45)cc3)c3ccccc23)cc1. The maximum absolute atomic E-state index is 9.28. The van der Waals surface area contributed by atoms with Crippen LogP contribution in [-0.2, 0) is 0 Å². The minimum Gasteiger partial charge on any atom is -0.291 e. The van der Waals surface area contributed by atoms with E-state index in [0.29, 0.717) is 5.56 Å². The highest BCUT2D eigenvalue weighted by Gasteiger charge is 2.19. The molecule has 48 heavy (non-hydrogen) atoms. The van der Waals surface area contributed by atoms with E-state index in [1.165, 1.54) is 52.8 Å². The molecule has 0 spiro atoms. The van der Waals surface area contributed by atoms with Crippen LogP contribution < -0.4 is 0 Å². The van der Waals surface area contributed by atoms with Crippen molar-refractivity contribution in [3.05, 3.63) is 157 Å². The molecule has 0 aliphatic heterocycles. The van der Waals surface area contributed by atoms with Gasteiger partial charge in [0.05, 0.1) is 33.1 Å². The quantitative estimate of drug-likeness (QED) is 0.196. The largest absolute Gasteiger partial charge is 0.291 e. The van der Waals surface area contributed by atoms with Crippen molar-refractivity contribution < 1.29 is 0 Å². The van der Waals surface area contributed by atoms with Gasteiger partial charge in [0.25, 0.3) is 0 Å². The molecule has 0 saturated carbocycles. The second-order valence-electron chi connectivity index (χ2n) is 12.3. The molecule has 3 heterocycles. The summed E-state index contributed by atoms with van der Waals surface area (Å²) in [6, 6.07) is 56.0. The van der Waals surface area contributed by atoms with Crippen molar-refractivity contribution in [1.82, 2.24) is 9.38 Å². The predicted molar refractivity (Wildman–Crippen MR) is 202 cm³/mol. The van der Waals surface area contributed by atoms with Crippen LogP contribution in [0.25, 0.3) is 91.9 Å². The van der Waals surface area contributed by atoms with E-state index in [1.54, 1.807) is 0 Å². The van der Waals surface area contributed by atoms with E-state index in [1.807, 2.05) is 35.6 Å². The molecule has 3 aromatic heterocycles. The minimum atomic E-state index is 0.667. The fourth-order valence-electron chi connectivity index (χ4n) is 7.38. The average molecular weight is 628 g/mol. The number of rotatable bonds is 3. The first-order chi connectivity index (χ1) is 23.7. The first-order valence-corrected chi connectivity index (χ1v) is 16.8. The van der Waals surface area contributed by atoms with Crippen LogP contribution in [0.5, 0.6) is 0 Å². The number of nitriles is 1. The van der Waals surface area contributed by atoms with Crippen LogP contribution in [-0.4, -0.2) is 9.38 Å². The number of para-hydroxylation sites is 2. The van der Waals surface area contributed by atoms with E-state index in [9.17, 15) is 5.26 Å². The van der Waals surface area contributed by atoms with Gasteiger partial charge < -0.3 is 0 Å². The van der Waals surface area contributed by atoms with Gasteiger partial charge in [-0.1, -0.05) is 115 Å². The molecule has 4 heteroatoms. The second-order valence-corrected chi connectivity index (χ2v) is 13.3. The Labute approximate surface area is 280 Å². The number of imidazole rings is 1. The number of pyridine rings is 1. The summed E-state index contributed by atoms with van der Waals surface area (Å²) in [4.78, 5) is 5.20. The van der Waals surface area contributed by atoms with Crippen LogP contribution in [0, 0.1) is 11.3 Å². The first-order valence-electron chi connectivity index (χ1n) is 16.0. The lowest BCUT2D eigenvalue weighted by Gasteiger charge is -2.13. The molecule has 0 unspecified atom stereocenters. The monoisotopic (exact) mass is 627 g/mol. The molecule has 7 aromatic carbocycles. The molecule has 0 fully saturated rings. The Bertz CT molecular complexity index is 2940. The van der Waals surface area contributed by atoms with Crippen molar-refractivity contribution >= 4 is 69.7 Å². The fourth-order valence-corrected chi connectivity index (χ4v) is 8.56. The number of nitrogens with zero attached hydrogens (tertiary/aromatic N) is 3. The van der Waals surface area contributed by atoms with Crippen molar-refractivity contribution in [3.63, 3.8) is 0 Å². The molecule has 0 saturated heterocycles. The van der Waals surface area contributed by atoms with Gasteiger partial charge in [-0.2, -0.15) is 5.26 Å². The van der Waals surface area contributed by atoms with Crippen LogP contribution in [0.4, 0.5) is 0 Å². The van der Waals surface area contributed by atoms with Crippen molar-refractivity contribution in [3.8, 4) is 39.6 Å². The number of hydrogen-bond acceptors (Lipinski definition) is 3. The summed E-state index contributed by atoms with van der Waals surface area (Å²) < 4.78 is 4.83. The lowest BCUT2D eigenvalue weighted by Crippen LogP contribution is -1.93. The number of aromatic nitrogens is 2.